The highest BCUT2D eigenvalue weighted by Gasteiger charge is 1.98. The molecule has 0 radical (unpaired) electrons. The fourth-order valence-electron chi connectivity index (χ4n) is 1.09. The van der Waals surface area contributed by atoms with E-state index in [2.05, 4.69) is 5.32 Å². The van der Waals surface area contributed by atoms with Crippen molar-refractivity contribution in [2.75, 3.05) is 5.32 Å². The summed E-state index contributed by atoms with van der Waals surface area (Å²) < 4.78 is 0. The Morgan fingerprint density at radius 1 is 1.25 bits per heavy atom. The van der Waals surface area contributed by atoms with Gasteiger partial charge < -0.3 is 5.32 Å². The van der Waals surface area contributed by atoms with Crippen molar-refractivity contribution < 1.29 is 14.4 Å². The number of hydrogen-bond donors (Lipinski definition) is 1. The number of carbonyl (C=O) groups excluding carboxylic acids is 3. The Balaban J connectivity index is 0.000000673. The predicted molar refractivity (Wildman–Crippen MR) is 59.7 cm³/mol. The highest BCUT2D eigenvalue weighted by molar-refractivity contribution is 5.90. The molecule has 1 aromatic carbocycles. The van der Waals surface area contributed by atoms with Crippen LogP contribution in [0.3, 0.4) is 0 Å². The van der Waals surface area contributed by atoms with Crippen molar-refractivity contribution in [1.29, 1.82) is 0 Å². The summed E-state index contributed by atoms with van der Waals surface area (Å²) in [4.78, 5) is 27.4. The van der Waals surface area contributed by atoms with Crippen LogP contribution in [0.1, 0.15) is 25.3 Å². The van der Waals surface area contributed by atoms with E-state index in [1.165, 1.54) is 5.56 Å². The van der Waals surface area contributed by atoms with Gasteiger partial charge in [0.05, 0.1) is 0 Å². The zero-order chi connectivity index (χ0) is 12.4. The lowest BCUT2D eigenvalue weighted by molar-refractivity contribution is -0.191. The van der Waals surface area contributed by atoms with Gasteiger partial charge in [0.1, 0.15) is 0 Å². The quantitative estimate of drug-likeness (QED) is 0.850. The lowest BCUT2D eigenvalue weighted by Crippen LogP contribution is -2.10. The molecule has 0 aliphatic heterocycles. The third-order valence-corrected chi connectivity index (χ3v) is 1.81. The first-order valence-electron chi connectivity index (χ1n) is 4.99. The Morgan fingerprint density at radius 3 is 2.19 bits per heavy atom. The molecule has 4 heteroatoms. The smallest absolute Gasteiger partial charge is 0.326 e. The molecular formula is C12H15NO3. The molecule has 0 saturated heterocycles. The van der Waals surface area contributed by atoms with Crippen LogP contribution in [0.25, 0.3) is 0 Å². The van der Waals surface area contributed by atoms with Gasteiger partial charge in [-0.1, -0.05) is 24.6 Å². The number of carbonyl (C=O) groups is 1. The largest absolute Gasteiger partial charge is 0.373 e. The highest BCUT2D eigenvalue weighted by Crippen LogP contribution is 2.08. The Kier molecular flexibility index (Phi) is 7.37. The molecule has 4 nitrogen and oxygen atoms in total. The first-order valence-corrected chi connectivity index (χ1v) is 4.99. The molecule has 0 spiro atoms. The Hall–Kier alpha value is -1.93. The van der Waals surface area contributed by atoms with Gasteiger partial charge in [-0.25, -0.2) is 0 Å². The summed E-state index contributed by atoms with van der Waals surface area (Å²) in [5.41, 5.74) is 2.08. The number of amides is 1. The molecule has 0 saturated carbocycles. The summed E-state index contributed by atoms with van der Waals surface area (Å²) in [6, 6.07) is 7.81. The molecule has 0 aliphatic carbocycles. The van der Waals surface area contributed by atoms with Crippen LogP contribution in [0.15, 0.2) is 24.3 Å². The van der Waals surface area contributed by atoms with Crippen molar-refractivity contribution in [3.05, 3.63) is 29.8 Å². The summed E-state index contributed by atoms with van der Waals surface area (Å²) in [7, 11) is 0. The molecule has 0 heterocycles. The van der Waals surface area contributed by atoms with Crippen LogP contribution in [-0.4, -0.2) is 12.1 Å². The van der Waals surface area contributed by atoms with Gasteiger partial charge in [0.15, 0.2) is 0 Å². The van der Waals surface area contributed by atoms with Gasteiger partial charge in [0, 0.05) is 12.1 Å². The average molecular weight is 221 g/mol. The molecule has 1 N–H and O–H groups in total. The van der Waals surface area contributed by atoms with E-state index in [1.54, 1.807) is 0 Å². The van der Waals surface area contributed by atoms with Crippen LogP contribution in [0.2, 0.25) is 0 Å². The highest BCUT2D eigenvalue weighted by atomic mass is 16.2. The van der Waals surface area contributed by atoms with Crippen molar-refractivity contribution in [2.24, 2.45) is 0 Å². The second-order valence-corrected chi connectivity index (χ2v) is 3.25. The molecule has 0 atom stereocenters. The van der Waals surface area contributed by atoms with Crippen LogP contribution in [0.5, 0.6) is 0 Å². The van der Waals surface area contributed by atoms with Gasteiger partial charge in [0.2, 0.25) is 5.91 Å². The zero-order valence-electron chi connectivity index (χ0n) is 9.45. The van der Waals surface area contributed by atoms with Gasteiger partial charge in [-0.2, -0.15) is 9.59 Å². The fourth-order valence-corrected chi connectivity index (χ4v) is 1.09. The average Bonchev–Trinajstić information content (AvgIpc) is 2.23. The number of aryl methyl sites for hydroxylation is 1. The van der Waals surface area contributed by atoms with E-state index in [-0.39, 0.29) is 12.1 Å². The minimum atomic E-state index is 0.0892. The van der Waals surface area contributed by atoms with Crippen molar-refractivity contribution in [2.45, 2.75) is 26.7 Å². The van der Waals surface area contributed by atoms with E-state index >= 15 is 0 Å². The molecular weight excluding hydrogens is 206 g/mol. The standard InChI is InChI=1S/C11H15NO.CO2/c1-3-4-11(13)12-10-7-5-9(2)6-8-10;2-1-3/h5-8H,3-4H2,1-2H3,(H,12,13);. The fraction of sp³-hybridized carbons (Fsp3) is 0.333. The van der Waals surface area contributed by atoms with Gasteiger partial charge in [-0.3, -0.25) is 4.79 Å². The van der Waals surface area contributed by atoms with E-state index in [9.17, 15) is 4.79 Å². The second-order valence-electron chi connectivity index (χ2n) is 3.25. The number of rotatable bonds is 3. The normalized spacial score (nSPS) is 8.38. The maximum atomic E-state index is 11.2. The Bertz CT molecular complexity index is 351. The molecule has 1 amide bonds. The van der Waals surface area contributed by atoms with Gasteiger partial charge in [0.25, 0.3) is 0 Å². The number of nitrogens with one attached hydrogen (secondary N) is 1. The summed E-state index contributed by atoms with van der Waals surface area (Å²) in [6.45, 7) is 4.02. The number of hydrogen-bond acceptors (Lipinski definition) is 3. The minimum absolute atomic E-state index is 0.0892. The summed E-state index contributed by atoms with van der Waals surface area (Å²) in [6.07, 6.45) is 1.73. The molecule has 0 fully saturated rings. The summed E-state index contributed by atoms with van der Waals surface area (Å²) in [5.74, 6) is 0.0892. The Morgan fingerprint density at radius 2 is 1.75 bits per heavy atom. The predicted octanol–water partition coefficient (Wildman–Crippen LogP) is 2.15. The van der Waals surface area contributed by atoms with Gasteiger partial charge >= 0.3 is 6.15 Å². The molecule has 0 aromatic heterocycles. The van der Waals surface area contributed by atoms with Crippen LogP contribution in [0, 0.1) is 6.92 Å². The summed E-state index contributed by atoms with van der Waals surface area (Å²) in [5, 5.41) is 2.83. The van der Waals surface area contributed by atoms with E-state index in [0.717, 1.165) is 12.1 Å². The van der Waals surface area contributed by atoms with Crippen molar-refractivity contribution in [3.63, 3.8) is 0 Å². The molecule has 1 aromatic rings. The lowest BCUT2D eigenvalue weighted by atomic mass is 10.2. The summed E-state index contributed by atoms with van der Waals surface area (Å²) >= 11 is 0. The number of anilines is 1. The molecule has 0 unspecified atom stereocenters. The van der Waals surface area contributed by atoms with Crippen LogP contribution in [-0.2, 0) is 14.4 Å². The number of benzene rings is 1. The maximum absolute atomic E-state index is 11.2. The van der Waals surface area contributed by atoms with Gasteiger partial charge in [-0.05, 0) is 25.5 Å². The van der Waals surface area contributed by atoms with E-state index < -0.39 is 0 Å². The SMILES string of the molecule is CCCC(=O)Nc1ccc(C)cc1.O=C=O. The van der Waals surface area contributed by atoms with Crippen LogP contribution >= 0.6 is 0 Å². The molecule has 0 aliphatic rings. The Labute approximate surface area is 94.7 Å². The third kappa shape index (κ3) is 6.51. The molecule has 16 heavy (non-hydrogen) atoms. The van der Waals surface area contributed by atoms with Crippen molar-refractivity contribution in [3.8, 4) is 0 Å². The molecule has 86 valence electrons. The molecule has 1 rings (SSSR count). The van der Waals surface area contributed by atoms with Crippen molar-refractivity contribution in [1.82, 2.24) is 0 Å². The van der Waals surface area contributed by atoms with E-state index in [4.69, 9.17) is 9.59 Å². The van der Waals surface area contributed by atoms with E-state index in [1.807, 2.05) is 38.1 Å². The first-order chi connectivity index (χ1) is 7.63. The molecule has 0 bridgehead atoms. The zero-order valence-corrected chi connectivity index (χ0v) is 9.45. The maximum Gasteiger partial charge on any atom is 0.373 e. The first kappa shape index (κ1) is 14.1. The van der Waals surface area contributed by atoms with E-state index in [0.29, 0.717) is 6.42 Å². The second kappa shape index (κ2) is 8.38. The third-order valence-electron chi connectivity index (χ3n) is 1.81. The minimum Gasteiger partial charge on any atom is -0.326 e. The monoisotopic (exact) mass is 221 g/mol. The van der Waals surface area contributed by atoms with Crippen molar-refractivity contribution >= 4 is 17.7 Å². The topological polar surface area (TPSA) is 63.2 Å². The lowest BCUT2D eigenvalue weighted by Gasteiger charge is -2.03. The van der Waals surface area contributed by atoms with Crippen LogP contribution in [0.4, 0.5) is 5.69 Å². The van der Waals surface area contributed by atoms with Gasteiger partial charge in [-0.15, -0.1) is 0 Å². The van der Waals surface area contributed by atoms with Crippen LogP contribution < -0.4 is 5.32 Å².